The fraction of sp³-hybridized carbons (Fsp3) is 0.600. The van der Waals surface area contributed by atoms with E-state index in [1.54, 1.807) is 44.2 Å². The molecular weight excluding hydrogens is 458 g/mol. The van der Waals surface area contributed by atoms with Crippen LogP contribution in [-0.2, 0) is 11.3 Å². The number of benzene rings is 1. The number of carbonyl (C=O) groups excluding carboxylic acids is 1. The van der Waals surface area contributed by atoms with Crippen molar-refractivity contribution in [2.24, 2.45) is 16.3 Å². The molecule has 0 bridgehead atoms. The van der Waals surface area contributed by atoms with Gasteiger partial charge in [-0.05, 0) is 30.2 Å². The van der Waals surface area contributed by atoms with Gasteiger partial charge in [-0.2, -0.15) is 26.3 Å². The number of carbonyl (C=O) groups is 1. The molecule has 1 aliphatic heterocycles. The molecule has 0 saturated heterocycles. The number of allylic oxidation sites excluding steroid dienone is 1. The highest BCUT2D eigenvalue weighted by Crippen LogP contribution is 2.57. The van der Waals surface area contributed by atoms with Crippen LogP contribution in [0.4, 0.5) is 26.3 Å². The Morgan fingerprint density at radius 2 is 1.53 bits per heavy atom. The molecule has 1 heterocycles. The van der Waals surface area contributed by atoms with Crippen LogP contribution in [0.1, 0.15) is 64.4 Å². The van der Waals surface area contributed by atoms with Crippen LogP contribution in [0.3, 0.4) is 0 Å². The largest absolute Gasteiger partial charge is 0.427 e. The fourth-order valence-electron chi connectivity index (χ4n) is 5.54. The fourth-order valence-corrected chi connectivity index (χ4v) is 5.54. The molecule has 0 radical (unpaired) electrons. The summed E-state index contributed by atoms with van der Waals surface area (Å²) in [5, 5.41) is 0. The summed E-state index contributed by atoms with van der Waals surface area (Å²) in [6.07, 6.45) is -8.83. The summed E-state index contributed by atoms with van der Waals surface area (Å²) in [6.45, 7) is 3.46. The van der Waals surface area contributed by atoms with Crippen molar-refractivity contribution < 1.29 is 31.1 Å². The Labute approximate surface area is 194 Å². The van der Waals surface area contributed by atoms with E-state index in [9.17, 15) is 31.1 Å². The summed E-state index contributed by atoms with van der Waals surface area (Å²) >= 11 is 0. The number of hydrogen-bond donors (Lipinski definition) is 0. The Kier molecular flexibility index (Phi) is 6.13. The number of alkyl halides is 6. The van der Waals surface area contributed by atoms with Crippen LogP contribution in [0.15, 0.2) is 46.6 Å². The maximum Gasteiger partial charge on any atom is 0.427 e. The van der Waals surface area contributed by atoms with Gasteiger partial charge >= 0.3 is 12.4 Å². The number of hydrogen-bond acceptors (Lipinski definition) is 3. The smallest absolute Gasteiger partial charge is 0.329 e. The average molecular weight is 487 g/mol. The summed E-state index contributed by atoms with van der Waals surface area (Å²) in [5.41, 5.74) is -6.02. The van der Waals surface area contributed by atoms with E-state index in [1.165, 1.54) is 4.90 Å². The van der Waals surface area contributed by atoms with Gasteiger partial charge in [-0.15, -0.1) is 0 Å². The molecule has 0 spiro atoms. The van der Waals surface area contributed by atoms with E-state index in [4.69, 9.17) is 0 Å². The number of amidine groups is 1. The third kappa shape index (κ3) is 4.15. The first-order chi connectivity index (χ1) is 15.8. The van der Waals surface area contributed by atoms with Gasteiger partial charge in [-0.25, -0.2) is 4.99 Å². The van der Waals surface area contributed by atoms with Gasteiger partial charge in [-0.1, -0.05) is 63.4 Å². The minimum Gasteiger partial charge on any atom is -0.329 e. The standard InChI is InChI=1S/C25H28F6N2O/c1-22(2)13-18-20(19(34)14-22)23(24(26,27)28,25(29,30)31)32-21(17-11-7-4-8-12-17)33(18)15-16-9-5-3-6-10-16/h3,5-6,9-10,17H,4,7-8,11-15H2,1-2H3. The normalized spacial score (nSPS) is 23.6. The van der Waals surface area contributed by atoms with Gasteiger partial charge in [0.05, 0.1) is 5.57 Å². The number of halogens is 6. The van der Waals surface area contributed by atoms with Gasteiger partial charge in [0.1, 0.15) is 5.84 Å². The Bertz CT molecular complexity index is 986. The minimum absolute atomic E-state index is 0.0597. The Balaban J connectivity index is 2.00. The molecule has 0 aromatic heterocycles. The molecule has 0 amide bonds. The molecule has 4 rings (SSSR count). The van der Waals surface area contributed by atoms with Crippen molar-refractivity contribution in [3.8, 4) is 0 Å². The molecule has 186 valence electrons. The summed E-state index contributed by atoms with van der Waals surface area (Å²) in [7, 11) is 0. The molecule has 3 nitrogen and oxygen atoms in total. The molecule has 1 saturated carbocycles. The first-order valence-electron chi connectivity index (χ1n) is 11.6. The number of nitrogens with zero attached hydrogens (tertiary/aromatic N) is 2. The molecule has 0 N–H and O–H groups in total. The van der Waals surface area contributed by atoms with Crippen molar-refractivity contribution in [3.63, 3.8) is 0 Å². The summed E-state index contributed by atoms with van der Waals surface area (Å²) in [6, 6.07) is 8.84. The van der Waals surface area contributed by atoms with Gasteiger partial charge in [-0.3, -0.25) is 4.79 Å². The Morgan fingerprint density at radius 3 is 2.09 bits per heavy atom. The van der Waals surface area contributed by atoms with Crippen LogP contribution in [0.25, 0.3) is 0 Å². The minimum atomic E-state index is -5.80. The van der Waals surface area contributed by atoms with Crippen LogP contribution < -0.4 is 0 Å². The van der Waals surface area contributed by atoms with E-state index in [-0.39, 0.29) is 24.5 Å². The van der Waals surface area contributed by atoms with E-state index in [2.05, 4.69) is 4.99 Å². The lowest BCUT2D eigenvalue weighted by molar-refractivity contribution is -0.283. The lowest BCUT2D eigenvalue weighted by Gasteiger charge is -2.49. The zero-order valence-electron chi connectivity index (χ0n) is 19.2. The highest BCUT2D eigenvalue weighted by Gasteiger charge is 2.77. The van der Waals surface area contributed by atoms with E-state index in [0.717, 1.165) is 12.0 Å². The third-order valence-corrected chi connectivity index (χ3v) is 7.07. The average Bonchev–Trinajstić information content (AvgIpc) is 2.73. The SMILES string of the molecule is CC1(C)CC(=O)C2=C(C1)N(Cc1ccccc1)C(C1CCCCC1)=NC2(C(F)(F)F)C(F)(F)F. The van der Waals surface area contributed by atoms with Crippen molar-refractivity contribution in [2.75, 3.05) is 0 Å². The topological polar surface area (TPSA) is 32.7 Å². The molecule has 3 aliphatic rings. The monoisotopic (exact) mass is 486 g/mol. The van der Waals surface area contributed by atoms with E-state index in [0.29, 0.717) is 25.7 Å². The molecule has 34 heavy (non-hydrogen) atoms. The van der Waals surface area contributed by atoms with Crippen LogP contribution in [0, 0.1) is 11.3 Å². The van der Waals surface area contributed by atoms with Gasteiger partial charge < -0.3 is 4.90 Å². The molecular formula is C25H28F6N2O. The number of ketones is 1. The van der Waals surface area contributed by atoms with Gasteiger partial charge in [0.15, 0.2) is 5.78 Å². The van der Waals surface area contributed by atoms with Crippen LogP contribution in [0.5, 0.6) is 0 Å². The molecule has 0 unspecified atom stereocenters. The van der Waals surface area contributed by atoms with E-state index >= 15 is 0 Å². The van der Waals surface area contributed by atoms with E-state index < -0.39 is 47.0 Å². The van der Waals surface area contributed by atoms with Crippen molar-refractivity contribution in [3.05, 3.63) is 47.2 Å². The summed E-state index contributed by atoms with van der Waals surface area (Å²) in [5.74, 6) is -1.86. The third-order valence-electron chi connectivity index (χ3n) is 7.07. The molecule has 1 fully saturated rings. The van der Waals surface area contributed by atoms with Crippen molar-refractivity contribution in [1.29, 1.82) is 0 Å². The van der Waals surface area contributed by atoms with Crippen molar-refractivity contribution in [2.45, 2.75) is 83.2 Å². The maximum atomic E-state index is 14.5. The second-order valence-electron chi connectivity index (χ2n) is 10.3. The highest BCUT2D eigenvalue weighted by atomic mass is 19.4. The van der Waals surface area contributed by atoms with Gasteiger partial charge in [0.25, 0.3) is 5.54 Å². The maximum absolute atomic E-state index is 14.5. The Hall–Kier alpha value is -2.32. The summed E-state index contributed by atoms with van der Waals surface area (Å²) < 4.78 is 87.0. The second kappa shape index (κ2) is 8.41. The van der Waals surface area contributed by atoms with Gasteiger partial charge in [0.2, 0.25) is 0 Å². The zero-order valence-corrected chi connectivity index (χ0v) is 19.2. The number of Topliss-reactive ketones (excluding diaryl/α,β-unsaturated/α-hetero) is 1. The van der Waals surface area contributed by atoms with Crippen LogP contribution >= 0.6 is 0 Å². The number of rotatable bonds is 3. The van der Waals surface area contributed by atoms with E-state index in [1.807, 2.05) is 0 Å². The second-order valence-corrected chi connectivity index (χ2v) is 10.3. The molecule has 1 aromatic rings. The highest BCUT2D eigenvalue weighted by molar-refractivity contribution is 6.03. The molecule has 0 atom stereocenters. The van der Waals surface area contributed by atoms with Crippen LogP contribution in [-0.4, -0.2) is 34.4 Å². The number of aliphatic imine (C=N–C) groups is 1. The quantitative estimate of drug-likeness (QED) is 0.432. The Morgan fingerprint density at radius 1 is 0.941 bits per heavy atom. The molecule has 1 aromatic carbocycles. The predicted molar refractivity (Wildman–Crippen MR) is 116 cm³/mol. The summed E-state index contributed by atoms with van der Waals surface area (Å²) in [4.78, 5) is 18.1. The molecule has 9 heteroatoms. The van der Waals surface area contributed by atoms with Gasteiger partial charge in [0, 0.05) is 24.6 Å². The lowest BCUT2D eigenvalue weighted by atomic mass is 9.68. The zero-order chi connectivity index (χ0) is 24.9. The predicted octanol–water partition coefficient (Wildman–Crippen LogP) is 6.99. The van der Waals surface area contributed by atoms with Crippen LogP contribution in [0.2, 0.25) is 0 Å². The first kappa shape index (κ1) is 24.8. The van der Waals surface area contributed by atoms with Crippen molar-refractivity contribution in [1.82, 2.24) is 4.90 Å². The first-order valence-corrected chi connectivity index (χ1v) is 11.6. The lowest BCUT2D eigenvalue weighted by Crippen LogP contribution is -2.63. The molecule has 2 aliphatic carbocycles. The van der Waals surface area contributed by atoms with Crippen molar-refractivity contribution >= 4 is 11.6 Å².